The van der Waals surface area contributed by atoms with E-state index in [0.29, 0.717) is 5.25 Å². The van der Waals surface area contributed by atoms with Crippen LogP contribution in [0.4, 0.5) is 0 Å². The molecule has 0 aromatic heterocycles. The molecule has 1 aliphatic rings. The quantitative estimate of drug-likeness (QED) is 0.713. The van der Waals surface area contributed by atoms with Crippen LogP contribution in [0.15, 0.2) is 0 Å². The van der Waals surface area contributed by atoms with Crippen molar-refractivity contribution in [3.8, 4) is 0 Å². The van der Waals surface area contributed by atoms with Crippen LogP contribution in [-0.4, -0.2) is 29.1 Å². The third kappa shape index (κ3) is 2.38. The smallest absolute Gasteiger partial charge is 0.230 e. The van der Waals surface area contributed by atoms with Crippen LogP contribution in [0.25, 0.3) is 0 Å². The molecule has 2 N–H and O–H groups in total. The highest BCUT2D eigenvalue weighted by Crippen LogP contribution is 2.29. The minimum absolute atomic E-state index is 0.0980. The maximum Gasteiger partial charge on any atom is 0.230 e. The van der Waals surface area contributed by atoms with E-state index in [0.717, 1.165) is 13.0 Å². The molecule has 3 nitrogen and oxygen atoms in total. The van der Waals surface area contributed by atoms with Crippen molar-refractivity contribution < 1.29 is 9.53 Å². The molecule has 3 atom stereocenters. The van der Waals surface area contributed by atoms with Crippen molar-refractivity contribution in [3.63, 3.8) is 0 Å². The molecule has 1 amide bonds. The summed E-state index contributed by atoms with van der Waals surface area (Å²) < 4.78 is 5.37. The van der Waals surface area contributed by atoms with Crippen molar-refractivity contribution in [1.82, 2.24) is 0 Å². The third-order valence-electron chi connectivity index (χ3n) is 2.09. The topological polar surface area (TPSA) is 52.3 Å². The lowest BCUT2D eigenvalue weighted by Gasteiger charge is -2.16. The molecule has 0 saturated carbocycles. The highest BCUT2D eigenvalue weighted by molar-refractivity contribution is 8.01. The summed E-state index contributed by atoms with van der Waals surface area (Å²) in [4.78, 5) is 10.8. The maximum absolute atomic E-state index is 10.8. The first-order valence-corrected chi connectivity index (χ1v) is 5.12. The van der Waals surface area contributed by atoms with Crippen LogP contribution in [-0.2, 0) is 9.53 Å². The Bertz CT molecular complexity index is 174. The fourth-order valence-corrected chi connectivity index (χ4v) is 2.41. The van der Waals surface area contributed by atoms with Gasteiger partial charge < -0.3 is 10.5 Å². The van der Waals surface area contributed by atoms with Gasteiger partial charge in [0.1, 0.15) is 0 Å². The molecule has 1 rings (SSSR count). The van der Waals surface area contributed by atoms with Crippen LogP contribution in [0.1, 0.15) is 20.3 Å². The van der Waals surface area contributed by atoms with Gasteiger partial charge in [-0.05, 0) is 20.3 Å². The molecular formula is C8H15NO2S. The second-order valence-electron chi connectivity index (χ2n) is 3.08. The molecule has 0 bridgehead atoms. The van der Waals surface area contributed by atoms with Crippen molar-refractivity contribution in [3.05, 3.63) is 0 Å². The van der Waals surface area contributed by atoms with Crippen molar-refractivity contribution >= 4 is 17.7 Å². The number of nitrogens with two attached hydrogens (primary N) is 1. The summed E-state index contributed by atoms with van der Waals surface area (Å²) in [6, 6.07) is 0. The van der Waals surface area contributed by atoms with E-state index in [4.69, 9.17) is 10.5 Å². The lowest BCUT2D eigenvalue weighted by Crippen LogP contribution is -2.27. The van der Waals surface area contributed by atoms with E-state index in [1.807, 2.05) is 13.8 Å². The first kappa shape index (κ1) is 9.86. The predicted molar refractivity (Wildman–Crippen MR) is 50.1 cm³/mol. The standard InChI is InChI=1S/C8H15NO2S/c1-5-7(3-4-11-5)12-6(2)8(9)10/h5-7H,3-4H2,1-2H3,(H2,9,10). The molecule has 1 fully saturated rings. The van der Waals surface area contributed by atoms with E-state index in [1.165, 1.54) is 0 Å². The van der Waals surface area contributed by atoms with E-state index in [9.17, 15) is 4.79 Å². The third-order valence-corrected chi connectivity index (χ3v) is 3.70. The van der Waals surface area contributed by atoms with E-state index < -0.39 is 0 Å². The zero-order valence-corrected chi connectivity index (χ0v) is 8.26. The molecule has 1 aliphatic heterocycles. The van der Waals surface area contributed by atoms with Gasteiger partial charge in [-0.3, -0.25) is 4.79 Å². The van der Waals surface area contributed by atoms with Crippen LogP contribution in [0, 0.1) is 0 Å². The van der Waals surface area contributed by atoms with Crippen LogP contribution in [0.5, 0.6) is 0 Å². The Hall–Kier alpha value is -0.220. The van der Waals surface area contributed by atoms with Crippen LogP contribution in [0.2, 0.25) is 0 Å². The summed E-state index contributed by atoms with van der Waals surface area (Å²) in [6.45, 7) is 4.70. The van der Waals surface area contributed by atoms with E-state index in [1.54, 1.807) is 11.8 Å². The van der Waals surface area contributed by atoms with Gasteiger partial charge in [0, 0.05) is 11.9 Å². The highest BCUT2D eigenvalue weighted by atomic mass is 32.2. The normalized spacial score (nSPS) is 31.8. The Morgan fingerprint density at radius 3 is 2.83 bits per heavy atom. The Morgan fingerprint density at radius 1 is 1.75 bits per heavy atom. The molecule has 3 unspecified atom stereocenters. The van der Waals surface area contributed by atoms with Gasteiger partial charge in [-0.1, -0.05) is 0 Å². The second-order valence-corrected chi connectivity index (χ2v) is 4.67. The van der Waals surface area contributed by atoms with E-state index in [2.05, 4.69) is 0 Å². The summed E-state index contributed by atoms with van der Waals surface area (Å²) in [5.41, 5.74) is 5.16. The highest BCUT2D eigenvalue weighted by Gasteiger charge is 2.27. The van der Waals surface area contributed by atoms with E-state index >= 15 is 0 Å². The molecule has 4 heteroatoms. The summed E-state index contributed by atoms with van der Waals surface area (Å²) in [7, 11) is 0. The van der Waals surface area contributed by atoms with Gasteiger partial charge in [-0.25, -0.2) is 0 Å². The molecule has 12 heavy (non-hydrogen) atoms. The molecule has 0 aliphatic carbocycles. The number of hydrogen-bond donors (Lipinski definition) is 1. The number of thioether (sulfide) groups is 1. The number of ether oxygens (including phenoxy) is 1. The van der Waals surface area contributed by atoms with Crippen molar-refractivity contribution in [1.29, 1.82) is 0 Å². The Balaban J connectivity index is 2.35. The number of amides is 1. The fourth-order valence-electron chi connectivity index (χ4n) is 1.22. The van der Waals surface area contributed by atoms with Gasteiger partial charge in [0.2, 0.25) is 5.91 Å². The number of primary amides is 1. The zero-order valence-electron chi connectivity index (χ0n) is 7.45. The molecule has 70 valence electrons. The lowest BCUT2D eigenvalue weighted by atomic mass is 10.3. The molecule has 1 heterocycles. The number of hydrogen-bond acceptors (Lipinski definition) is 3. The van der Waals surface area contributed by atoms with Crippen LogP contribution in [0.3, 0.4) is 0 Å². The first-order chi connectivity index (χ1) is 5.61. The molecule has 0 aromatic rings. The van der Waals surface area contributed by atoms with Crippen LogP contribution < -0.4 is 5.73 Å². The average molecular weight is 189 g/mol. The molecule has 1 saturated heterocycles. The number of rotatable bonds is 3. The minimum Gasteiger partial charge on any atom is -0.377 e. The maximum atomic E-state index is 10.8. The predicted octanol–water partition coefficient (Wildman–Crippen LogP) is 0.771. The van der Waals surface area contributed by atoms with E-state index in [-0.39, 0.29) is 17.3 Å². The van der Waals surface area contributed by atoms with Gasteiger partial charge in [0.25, 0.3) is 0 Å². The largest absolute Gasteiger partial charge is 0.377 e. The monoisotopic (exact) mass is 189 g/mol. The van der Waals surface area contributed by atoms with Gasteiger partial charge in [-0.15, -0.1) is 11.8 Å². The second kappa shape index (κ2) is 4.14. The van der Waals surface area contributed by atoms with Gasteiger partial charge in [-0.2, -0.15) is 0 Å². The van der Waals surface area contributed by atoms with Gasteiger partial charge in [0.05, 0.1) is 11.4 Å². The fraction of sp³-hybridized carbons (Fsp3) is 0.875. The number of carbonyl (C=O) groups is 1. The number of carbonyl (C=O) groups excluding carboxylic acids is 1. The Morgan fingerprint density at radius 2 is 2.42 bits per heavy atom. The SMILES string of the molecule is CC(SC1CCOC1C)C(N)=O. The molecule has 0 radical (unpaired) electrons. The molecule has 0 aromatic carbocycles. The summed E-state index contributed by atoms with van der Waals surface area (Å²) in [5, 5.41) is 0.339. The Kier molecular flexibility index (Phi) is 3.40. The zero-order chi connectivity index (χ0) is 9.14. The summed E-state index contributed by atoms with van der Waals surface area (Å²) in [6.07, 6.45) is 1.29. The summed E-state index contributed by atoms with van der Waals surface area (Å²) >= 11 is 1.62. The van der Waals surface area contributed by atoms with Crippen molar-refractivity contribution in [2.75, 3.05) is 6.61 Å². The first-order valence-electron chi connectivity index (χ1n) is 4.17. The van der Waals surface area contributed by atoms with Gasteiger partial charge >= 0.3 is 0 Å². The summed E-state index contributed by atoms with van der Waals surface area (Å²) in [5.74, 6) is -0.237. The molecular weight excluding hydrogens is 174 g/mol. The van der Waals surface area contributed by atoms with Crippen molar-refractivity contribution in [2.24, 2.45) is 5.73 Å². The van der Waals surface area contributed by atoms with Crippen LogP contribution >= 0.6 is 11.8 Å². The van der Waals surface area contributed by atoms with Crippen molar-refractivity contribution in [2.45, 2.75) is 36.9 Å². The average Bonchev–Trinajstić information content (AvgIpc) is 2.36. The Labute approximate surface area is 77.0 Å². The van der Waals surface area contributed by atoms with Gasteiger partial charge in [0.15, 0.2) is 0 Å². The minimum atomic E-state index is -0.237. The molecule has 0 spiro atoms. The lowest BCUT2D eigenvalue weighted by molar-refractivity contribution is -0.117.